The number of hydrogen-bond acceptors (Lipinski definition) is 5. The number of fused-ring (bicyclic) bond motifs is 1. The van der Waals surface area contributed by atoms with Gasteiger partial charge in [-0.25, -0.2) is 4.68 Å². The number of nitrogens with zero attached hydrogens (tertiary/aromatic N) is 2. The predicted molar refractivity (Wildman–Crippen MR) is 80.1 cm³/mol. The van der Waals surface area contributed by atoms with E-state index >= 15 is 0 Å². The molecule has 2 N–H and O–H groups in total. The number of hydrogen-bond donors (Lipinski definition) is 2. The average Bonchev–Trinajstić information content (AvgIpc) is 2.82. The van der Waals surface area contributed by atoms with Crippen LogP contribution in [0.1, 0.15) is 25.5 Å². The summed E-state index contributed by atoms with van der Waals surface area (Å²) in [6, 6.07) is 1.45. The van der Waals surface area contributed by atoms with Crippen molar-refractivity contribution in [2.75, 3.05) is 11.9 Å². The Bertz CT molecular complexity index is 795. The van der Waals surface area contributed by atoms with Gasteiger partial charge in [0.25, 0.3) is 5.56 Å². The molecular weight excluding hydrogens is 335 g/mol. The summed E-state index contributed by atoms with van der Waals surface area (Å²) in [5, 5.41) is 15.7. The first-order valence-corrected chi connectivity index (χ1v) is 7.47. The van der Waals surface area contributed by atoms with Crippen LogP contribution in [0.3, 0.4) is 0 Å². The number of thiophene rings is 1. The van der Waals surface area contributed by atoms with E-state index in [1.54, 1.807) is 13.8 Å². The first kappa shape index (κ1) is 17.3. The SMILES string of the molecule is CC(C)c1nn(CC(=O)O)c(=O)c2sc(NCC(F)(F)F)cc12. The van der Waals surface area contributed by atoms with Crippen molar-refractivity contribution >= 4 is 32.4 Å². The van der Waals surface area contributed by atoms with Crippen molar-refractivity contribution in [3.8, 4) is 0 Å². The second-order valence-electron chi connectivity index (χ2n) is 5.22. The van der Waals surface area contributed by atoms with Gasteiger partial charge in [-0.15, -0.1) is 11.3 Å². The minimum absolute atomic E-state index is 0.122. The zero-order valence-electron chi connectivity index (χ0n) is 12.3. The van der Waals surface area contributed by atoms with E-state index in [0.717, 1.165) is 16.0 Å². The van der Waals surface area contributed by atoms with Gasteiger partial charge in [-0.05, 0) is 12.0 Å². The fraction of sp³-hybridized carbons (Fsp3) is 0.462. The molecule has 10 heteroatoms. The number of carboxylic acids is 1. The Labute approximate surface area is 132 Å². The molecule has 0 aliphatic carbocycles. The van der Waals surface area contributed by atoms with Crippen LogP contribution in [0, 0.1) is 0 Å². The summed E-state index contributed by atoms with van der Waals surface area (Å²) >= 11 is 0.860. The Hall–Kier alpha value is -2.10. The largest absolute Gasteiger partial charge is 0.480 e. The highest BCUT2D eigenvalue weighted by Crippen LogP contribution is 2.32. The molecule has 2 aromatic heterocycles. The lowest BCUT2D eigenvalue weighted by Crippen LogP contribution is -2.27. The molecule has 2 aromatic rings. The molecule has 0 aliphatic heterocycles. The third-order valence-electron chi connectivity index (χ3n) is 2.96. The van der Waals surface area contributed by atoms with E-state index < -0.39 is 30.8 Å². The van der Waals surface area contributed by atoms with Gasteiger partial charge < -0.3 is 10.4 Å². The van der Waals surface area contributed by atoms with Crippen molar-refractivity contribution in [1.29, 1.82) is 0 Å². The molecule has 2 rings (SSSR count). The highest BCUT2D eigenvalue weighted by atomic mass is 32.1. The van der Waals surface area contributed by atoms with Crippen LogP contribution in [0.4, 0.5) is 18.2 Å². The monoisotopic (exact) mass is 349 g/mol. The van der Waals surface area contributed by atoms with Crippen molar-refractivity contribution in [1.82, 2.24) is 9.78 Å². The number of carbonyl (C=O) groups is 1. The normalized spacial score (nSPS) is 12.1. The molecule has 0 fully saturated rings. The van der Waals surface area contributed by atoms with E-state index in [1.807, 2.05) is 0 Å². The maximum atomic E-state index is 12.3. The Morgan fingerprint density at radius 1 is 1.48 bits per heavy atom. The molecule has 0 aromatic carbocycles. The molecule has 0 bridgehead atoms. The number of halogens is 3. The Morgan fingerprint density at radius 3 is 2.65 bits per heavy atom. The van der Waals surface area contributed by atoms with Crippen molar-refractivity contribution in [3.63, 3.8) is 0 Å². The summed E-state index contributed by atoms with van der Waals surface area (Å²) in [4.78, 5) is 23.1. The maximum Gasteiger partial charge on any atom is 0.405 e. The molecule has 6 nitrogen and oxygen atoms in total. The van der Waals surface area contributed by atoms with Crippen LogP contribution in [-0.2, 0) is 11.3 Å². The molecule has 0 radical (unpaired) electrons. The standard InChI is InChI=1S/C13H14F3N3O3S/c1-6(2)10-7-3-8(17-5-13(14,15)16)23-11(7)12(22)19(18-10)4-9(20)21/h3,6,17H,4-5H2,1-2H3,(H,20,21). The summed E-state index contributed by atoms with van der Waals surface area (Å²) in [7, 11) is 0. The van der Waals surface area contributed by atoms with Gasteiger partial charge in [0, 0.05) is 5.39 Å². The zero-order chi connectivity index (χ0) is 17.4. The lowest BCUT2D eigenvalue weighted by Gasteiger charge is -2.09. The van der Waals surface area contributed by atoms with Gasteiger partial charge in [-0.1, -0.05) is 13.8 Å². The quantitative estimate of drug-likeness (QED) is 0.867. The molecule has 23 heavy (non-hydrogen) atoms. The van der Waals surface area contributed by atoms with Gasteiger partial charge in [0.15, 0.2) is 0 Å². The van der Waals surface area contributed by atoms with Crippen LogP contribution < -0.4 is 10.9 Å². The van der Waals surface area contributed by atoms with Crippen LogP contribution in [-0.4, -0.2) is 33.6 Å². The number of nitrogens with one attached hydrogen (secondary N) is 1. The van der Waals surface area contributed by atoms with Crippen LogP contribution in [0.5, 0.6) is 0 Å². The van der Waals surface area contributed by atoms with Gasteiger partial charge in [0.1, 0.15) is 17.8 Å². The van der Waals surface area contributed by atoms with Crippen molar-refractivity contribution < 1.29 is 23.1 Å². The third-order valence-corrected chi connectivity index (χ3v) is 4.04. The number of carboxylic acid groups (broad SMARTS) is 1. The fourth-order valence-electron chi connectivity index (χ4n) is 2.02. The Balaban J connectivity index is 2.54. The highest BCUT2D eigenvalue weighted by molar-refractivity contribution is 7.22. The highest BCUT2D eigenvalue weighted by Gasteiger charge is 2.27. The van der Waals surface area contributed by atoms with Crippen LogP contribution in [0.15, 0.2) is 10.9 Å². The van der Waals surface area contributed by atoms with Crippen LogP contribution in [0.25, 0.3) is 10.1 Å². The molecule has 0 atom stereocenters. The molecule has 0 aliphatic rings. The molecule has 126 valence electrons. The second-order valence-corrected chi connectivity index (χ2v) is 6.27. The Morgan fingerprint density at radius 2 is 2.13 bits per heavy atom. The van der Waals surface area contributed by atoms with E-state index in [-0.39, 0.29) is 15.6 Å². The molecule has 0 saturated carbocycles. The lowest BCUT2D eigenvalue weighted by atomic mass is 10.1. The summed E-state index contributed by atoms with van der Waals surface area (Å²) < 4.78 is 37.9. The van der Waals surface area contributed by atoms with Gasteiger partial charge in [0.2, 0.25) is 0 Å². The molecule has 2 heterocycles. The first-order chi connectivity index (χ1) is 10.6. The van der Waals surface area contributed by atoms with E-state index in [9.17, 15) is 22.8 Å². The first-order valence-electron chi connectivity index (χ1n) is 6.65. The van der Waals surface area contributed by atoms with E-state index in [0.29, 0.717) is 11.1 Å². The van der Waals surface area contributed by atoms with Crippen molar-refractivity contribution in [3.05, 3.63) is 22.1 Å². The summed E-state index contributed by atoms with van der Waals surface area (Å²) in [5.41, 5.74) is -0.158. The lowest BCUT2D eigenvalue weighted by molar-refractivity contribution is -0.138. The average molecular weight is 349 g/mol. The summed E-state index contributed by atoms with van der Waals surface area (Å²) in [5.74, 6) is -1.34. The molecule has 0 spiro atoms. The minimum atomic E-state index is -4.38. The van der Waals surface area contributed by atoms with E-state index in [2.05, 4.69) is 10.4 Å². The third kappa shape index (κ3) is 4.01. The van der Waals surface area contributed by atoms with Gasteiger partial charge in [0.05, 0.1) is 10.7 Å². The van der Waals surface area contributed by atoms with E-state index in [4.69, 9.17) is 5.11 Å². The number of aromatic nitrogens is 2. The second kappa shape index (κ2) is 6.19. The van der Waals surface area contributed by atoms with Crippen molar-refractivity contribution in [2.45, 2.75) is 32.5 Å². The van der Waals surface area contributed by atoms with Crippen LogP contribution >= 0.6 is 11.3 Å². The van der Waals surface area contributed by atoms with Crippen molar-refractivity contribution in [2.24, 2.45) is 0 Å². The van der Waals surface area contributed by atoms with Gasteiger partial charge in [-0.3, -0.25) is 9.59 Å². The number of aliphatic carboxylic acids is 1. The zero-order valence-corrected chi connectivity index (χ0v) is 13.1. The minimum Gasteiger partial charge on any atom is -0.480 e. The number of alkyl halides is 3. The topological polar surface area (TPSA) is 84.2 Å². The van der Waals surface area contributed by atoms with Gasteiger partial charge in [-0.2, -0.15) is 18.3 Å². The Kier molecular flexibility index (Phi) is 4.64. The number of rotatable bonds is 5. The fourth-order valence-corrected chi connectivity index (χ4v) is 3.03. The van der Waals surface area contributed by atoms with Gasteiger partial charge >= 0.3 is 12.1 Å². The van der Waals surface area contributed by atoms with E-state index in [1.165, 1.54) is 6.07 Å². The number of anilines is 1. The molecule has 0 saturated heterocycles. The summed E-state index contributed by atoms with van der Waals surface area (Å²) in [6.07, 6.45) is -4.38. The molecule has 0 unspecified atom stereocenters. The summed E-state index contributed by atoms with van der Waals surface area (Å²) in [6.45, 7) is 1.79. The predicted octanol–water partition coefficient (Wildman–Crippen LogP) is 2.64. The molecule has 0 amide bonds. The van der Waals surface area contributed by atoms with Crippen LogP contribution in [0.2, 0.25) is 0 Å². The molecular formula is C13H14F3N3O3S. The smallest absolute Gasteiger partial charge is 0.405 e. The maximum absolute atomic E-state index is 12.3.